The molecule has 0 radical (unpaired) electrons. The first kappa shape index (κ1) is 10.8. The van der Waals surface area contributed by atoms with Gasteiger partial charge in [-0.1, -0.05) is 6.07 Å². The van der Waals surface area contributed by atoms with E-state index in [4.69, 9.17) is 15.2 Å². The molecule has 1 atom stereocenters. The van der Waals surface area contributed by atoms with Crippen molar-refractivity contribution in [3.8, 4) is 5.75 Å². The van der Waals surface area contributed by atoms with E-state index in [1.807, 2.05) is 0 Å². The summed E-state index contributed by atoms with van der Waals surface area (Å²) in [6, 6.07) is 5.07. The minimum atomic E-state index is -1.15. The summed E-state index contributed by atoms with van der Waals surface area (Å²) in [6.45, 7) is 0.502. The fourth-order valence-corrected chi connectivity index (χ4v) is 2.08. The lowest BCUT2D eigenvalue weighted by Crippen LogP contribution is -2.39. The number of ether oxygens (including phenoxy) is 2. The normalized spacial score (nSPS) is 21.0. The van der Waals surface area contributed by atoms with Crippen molar-refractivity contribution in [1.82, 2.24) is 0 Å². The van der Waals surface area contributed by atoms with Crippen LogP contribution in [-0.4, -0.2) is 30.8 Å². The number of carbonyl (C=O) groups is 2. The summed E-state index contributed by atoms with van der Waals surface area (Å²) >= 11 is 0. The van der Waals surface area contributed by atoms with Crippen LogP contribution in [0.15, 0.2) is 23.2 Å². The Labute approximate surface area is 102 Å². The molecule has 1 aromatic carbocycles. The summed E-state index contributed by atoms with van der Waals surface area (Å²) in [4.78, 5) is 27.9. The topological polar surface area (TPSA) is 91.0 Å². The summed E-state index contributed by atoms with van der Waals surface area (Å²) in [6.07, 6.45) is 0. The number of Topliss-reactive ketones (excluding diaryl/α,β-unsaturated/α-hetero) is 1. The number of rotatable bonds is 1. The standard InChI is InChI=1S/C12H10N2O4/c13-11(16)9-10(15)8-6-2-1-3-7(8)17-4-5-18-12(9)14-6/h1-3,9H,4-5H2,(H2,13,16). The van der Waals surface area contributed by atoms with E-state index in [0.29, 0.717) is 17.0 Å². The van der Waals surface area contributed by atoms with Crippen LogP contribution in [0.1, 0.15) is 10.4 Å². The number of hydrogen-bond donors (Lipinski definition) is 1. The number of hydrogen-bond acceptors (Lipinski definition) is 5. The van der Waals surface area contributed by atoms with Gasteiger partial charge in [0.05, 0.1) is 11.3 Å². The van der Waals surface area contributed by atoms with Gasteiger partial charge < -0.3 is 15.2 Å². The molecule has 2 N–H and O–H groups in total. The van der Waals surface area contributed by atoms with Gasteiger partial charge in [0.1, 0.15) is 19.0 Å². The van der Waals surface area contributed by atoms with Crippen molar-refractivity contribution >= 4 is 23.3 Å². The highest BCUT2D eigenvalue weighted by Crippen LogP contribution is 2.36. The SMILES string of the molecule is NC(=O)C1C(=O)c2c3cccc2OCCOC1=N3. The first-order valence-corrected chi connectivity index (χ1v) is 5.49. The fourth-order valence-electron chi connectivity index (χ4n) is 2.08. The van der Waals surface area contributed by atoms with Gasteiger partial charge in [0.25, 0.3) is 0 Å². The fraction of sp³-hybridized carbons (Fsp3) is 0.250. The van der Waals surface area contributed by atoms with Crippen molar-refractivity contribution in [2.45, 2.75) is 0 Å². The summed E-state index contributed by atoms with van der Waals surface area (Å²) < 4.78 is 10.8. The van der Waals surface area contributed by atoms with Gasteiger partial charge in [-0.05, 0) is 12.1 Å². The molecule has 0 spiro atoms. The molecule has 0 saturated heterocycles. The number of fused-ring (bicyclic) bond motifs is 4. The largest absolute Gasteiger partial charge is 0.489 e. The van der Waals surface area contributed by atoms with Gasteiger partial charge in [-0.15, -0.1) is 0 Å². The highest BCUT2D eigenvalue weighted by atomic mass is 16.5. The van der Waals surface area contributed by atoms with Crippen LogP contribution < -0.4 is 10.5 Å². The average Bonchev–Trinajstić information content (AvgIpc) is 2.42. The lowest BCUT2D eigenvalue weighted by atomic mass is 9.92. The Morgan fingerprint density at radius 1 is 1.33 bits per heavy atom. The number of amides is 1. The molecular weight excluding hydrogens is 236 g/mol. The molecule has 0 aromatic heterocycles. The number of aliphatic imine (C=N–C) groups is 1. The molecule has 6 nitrogen and oxygen atoms in total. The second-order valence-electron chi connectivity index (χ2n) is 4.00. The minimum absolute atomic E-state index is 0.0580. The molecule has 3 aliphatic heterocycles. The van der Waals surface area contributed by atoms with Gasteiger partial charge in [0, 0.05) is 0 Å². The Bertz CT molecular complexity index is 579. The van der Waals surface area contributed by atoms with Crippen LogP contribution in [0.3, 0.4) is 0 Å². The van der Waals surface area contributed by atoms with E-state index in [9.17, 15) is 9.59 Å². The monoisotopic (exact) mass is 246 g/mol. The van der Waals surface area contributed by atoms with Crippen LogP contribution in [0, 0.1) is 5.92 Å². The first-order valence-electron chi connectivity index (χ1n) is 5.49. The second-order valence-corrected chi connectivity index (χ2v) is 4.00. The van der Waals surface area contributed by atoms with Crippen molar-refractivity contribution in [3.05, 3.63) is 23.8 Å². The highest BCUT2D eigenvalue weighted by Gasteiger charge is 2.39. The van der Waals surface area contributed by atoms with Gasteiger partial charge >= 0.3 is 0 Å². The van der Waals surface area contributed by atoms with Crippen LogP contribution in [-0.2, 0) is 9.53 Å². The maximum absolute atomic E-state index is 12.3. The third-order valence-electron chi connectivity index (χ3n) is 2.87. The van der Waals surface area contributed by atoms with Crippen molar-refractivity contribution in [3.63, 3.8) is 0 Å². The van der Waals surface area contributed by atoms with E-state index in [2.05, 4.69) is 4.99 Å². The third-order valence-corrected chi connectivity index (χ3v) is 2.87. The maximum Gasteiger partial charge on any atom is 0.237 e. The number of ketones is 1. The van der Waals surface area contributed by atoms with Crippen molar-refractivity contribution in [2.24, 2.45) is 16.6 Å². The van der Waals surface area contributed by atoms with Crippen LogP contribution >= 0.6 is 0 Å². The Balaban J connectivity index is 2.26. The predicted octanol–water partition coefficient (Wildman–Crippen LogP) is 0.423. The van der Waals surface area contributed by atoms with E-state index in [1.165, 1.54) is 0 Å². The molecule has 92 valence electrons. The maximum atomic E-state index is 12.3. The molecule has 0 fully saturated rings. The Kier molecular flexibility index (Phi) is 2.29. The zero-order valence-electron chi connectivity index (χ0n) is 9.38. The Morgan fingerprint density at radius 2 is 2.11 bits per heavy atom. The van der Waals surface area contributed by atoms with Crippen molar-refractivity contribution < 1.29 is 19.1 Å². The van der Waals surface area contributed by atoms with E-state index < -0.39 is 17.6 Å². The molecule has 1 unspecified atom stereocenters. The van der Waals surface area contributed by atoms with Crippen molar-refractivity contribution in [2.75, 3.05) is 13.2 Å². The average molecular weight is 246 g/mol. The number of nitrogens with zero attached hydrogens (tertiary/aromatic N) is 1. The molecule has 3 heterocycles. The smallest absolute Gasteiger partial charge is 0.237 e. The van der Waals surface area contributed by atoms with E-state index in [-0.39, 0.29) is 19.1 Å². The van der Waals surface area contributed by atoms with Gasteiger partial charge in [0.15, 0.2) is 11.7 Å². The molecule has 4 rings (SSSR count). The molecule has 3 aliphatic rings. The van der Waals surface area contributed by atoms with Crippen LogP contribution in [0.25, 0.3) is 0 Å². The van der Waals surface area contributed by atoms with E-state index >= 15 is 0 Å². The lowest BCUT2D eigenvalue weighted by molar-refractivity contribution is -0.119. The number of carbonyl (C=O) groups excluding carboxylic acids is 2. The quantitative estimate of drug-likeness (QED) is 0.727. The van der Waals surface area contributed by atoms with Gasteiger partial charge in [0.2, 0.25) is 11.8 Å². The van der Waals surface area contributed by atoms with Crippen LogP contribution in [0.2, 0.25) is 0 Å². The minimum Gasteiger partial charge on any atom is -0.489 e. The molecule has 0 aliphatic carbocycles. The van der Waals surface area contributed by atoms with Gasteiger partial charge in [-0.25, -0.2) is 4.99 Å². The molecular formula is C12H10N2O4. The number of nitrogens with two attached hydrogens (primary N) is 1. The van der Waals surface area contributed by atoms with Crippen molar-refractivity contribution in [1.29, 1.82) is 0 Å². The van der Waals surface area contributed by atoms with E-state index in [0.717, 1.165) is 0 Å². The highest BCUT2D eigenvalue weighted by molar-refractivity contribution is 6.27. The predicted molar refractivity (Wildman–Crippen MR) is 62.0 cm³/mol. The summed E-state index contributed by atoms with van der Waals surface area (Å²) in [5, 5.41) is 0. The van der Waals surface area contributed by atoms with Gasteiger partial charge in [-0.2, -0.15) is 0 Å². The van der Waals surface area contributed by atoms with Crippen LogP contribution in [0.4, 0.5) is 5.69 Å². The number of primary amides is 1. The summed E-state index contributed by atoms with van der Waals surface area (Å²) in [7, 11) is 0. The van der Waals surface area contributed by atoms with Crippen LogP contribution in [0.5, 0.6) is 5.75 Å². The lowest BCUT2D eigenvalue weighted by Gasteiger charge is -2.20. The third kappa shape index (κ3) is 1.46. The summed E-state index contributed by atoms with van der Waals surface area (Å²) in [5.41, 5.74) is 6.00. The molecule has 6 heteroatoms. The van der Waals surface area contributed by atoms with E-state index in [1.54, 1.807) is 18.2 Å². The first-order chi connectivity index (χ1) is 8.68. The zero-order valence-corrected chi connectivity index (χ0v) is 9.38. The Morgan fingerprint density at radius 3 is 2.89 bits per heavy atom. The molecule has 18 heavy (non-hydrogen) atoms. The zero-order chi connectivity index (χ0) is 12.7. The molecule has 1 amide bonds. The second kappa shape index (κ2) is 3.83. The number of benzene rings is 1. The van der Waals surface area contributed by atoms with Gasteiger partial charge in [-0.3, -0.25) is 9.59 Å². The summed E-state index contributed by atoms with van der Waals surface area (Å²) in [5.74, 6) is -1.86. The molecule has 4 bridgehead atoms. The molecule has 1 aromatic rings. The Hall–Kier alpha value is -2.37. The molecule has 0 saturated carbocycles.